The molecular formula is C48H59F6IN8O7S. The third kappa shape index (κ3) is 20.3. The first-order chi connectivity index (χ1) is 33.3. The summed E-state index contributed by atoms with van der Waals surface area (Å²) < 4.78 is 107. The number of alkyl halides is 6. The average molecular weight is 1130 g/mol. The molecule has 4 aliphatic rings. The van der Waals surface area contributed by atoms with E-state index in [2.05, 4.69) is 26.0 Å². The van der Waals surface area contributed by atoms with Gasteiger partial charge in [0.15, 0.2) is 11.6 Å². The summed E-state index contributed by atoms with van der Waals surface area (Å²) in [5, 5.41) is 27.0. The highest BCUT2D eigenvalue weighted by Gasteiger charge is 2.47. The van der Waals surface area contributed by atoms with Gasteiger partial charge in [-0.3, -0.25) is 9.00 Å². The van der Waals surface area contributed by atoms with Crippen molar-refractivity contribution in [1.29, 1.82) is 0 Å². The smallest absolute Gasteiger partial charge is 0.388 e. The molecule has 15 nitrogen and oxygen atoms in total. The summed E-state index contributed by atoms with van der Waals surface area (Å²) in [4.78, 5) is 11.5. The van der Waals surface area contributed by atoms with Gasteiger partial charge in [-0.15, -0.1) is 15.3 Å². The van der Waals surface area contributed by atoms with Gasteiger partial charge in [-0.2, -0.15) is 31.1 Å². The van der Waals surface area contributed by atoms with Crippen LogP contribution in [0.2, 0.25) is 0 Å². The number of amidine groups is 1. The van der Waals surface area contributed by atoms with Gasteiger partial charge >= 0.3 is 12.4 Å². The molecule has 0 saturated carbocycles. The number of hydrogen-bond acceptors (Lipinski definition) is 13. The number of nitrogens with one attached hydrogen (secondary N) is 1. The number of aliphatic hydroxyl groups is 1. The number of epoxide rings is 1. The molecule has 1 atom stereocenters. The lowest BCUT2D eigenvalue weighted by molar-refractivity contribution is -0.138. The predicted molar refractivity (Wildman–Crippen MR) is 266 cm³/mol. The second-order valence-corrected chi connectivity index (χ2v) is 31.5. The lowest BCUT2D eigenvalue weighted by Gasteiger charge is -2.30. The Kier molecular flexibility index (Phi) is 19.8. The van der Waals surface area contributed by atoms with E-state index >= 15 is 0 Å². The number of carbonyl (C=O) groups is 1. The lowest BCUT2D eigenvalue weighted by Crippen LogP contribution is -2.40. The van der Waals surface area contributed by atoms with Crippen LogP contribution in [0, 0.1) is 0 Å². The van der Waals surface area contributed by atoms with Gasteiger partial charge in [0.05, 0.1) is 43.1 Å². The first-order valence-electron chi connectivity index (χ1n) is 22.3. The highest BCUT2D eigenvalue weighted by molar-refractivity contribution is 14.2. The van der Waals surface area contributed by atoms with Gasteiger partial charge in [-0.05, 0) is 83.3 Å². The molecule has 5 aromatic rings. The molecule has 1 spiro atoms. The number of Topliss-reactive ketones (excluding diaryl/α,β-unsaturated/α-hetero) is 1. The number of rotatable bonds is 9. The van der Waals surface area contributed by atoms with Crippen LogP contribution in [0.15, 0.2) is 102 Å². The summed E-state index contributed by atoms with van der Waals surface area (Å²) in [7, 11) is 0. The molecule has 0 radical (unpaired) electrons. The number of nitrogens with two attached hydrogens (primary N) is 2. The van der Waals surface area contributed by atoms with E-state index in [0.717, 1.165) is 78.3 Å². The van der Waals surface area contributed by atoms with Crippen LogP contribution in [-0.2, 0) is 61.7 Å². The van der Waals surface area contributed by atoms with E-state index in [0.29, 0.717) is 69.9 Å². The fourth-order valence-corrected chi connectivity index (χ4v) is 6.96. The first-order valence-corrected chi connectivity index (χ1v) is 28.0. The molecule has 4 aromatic carbocycles. The Hall–Kier alpha value is -4.89. The van der Waals surface area contributed by atoms with Crippen LogP contribution in [0.5, 0.6) is 0 Å². The van der Waals surface area contributed by atoms with Gasteiger partial charge in [0.1, 0.15) is 12.2 Å². The van der Waals surface area contributed by atoms with Crippen molar-refractivity contribution in [2.24, 2.45) is 16.7 Å². The zero-order valence-electron chi connectivity index (χ0n) is 39.5. The summed E-state index contributed by atoms with van der Waals surface area (Å²) in [5.74, 6) is 5.96. The maximum absolute atomic E-state index is 12.8. The minimum absolute atomic E-state index is 0.213. The molecule has 23 heteroatoms. The highest BCUT2D eigenvalue weighted by atomic mass is 127. The van der Waals surface area contributed by atoms with E-state index in [1.807, 2.05) is 57.6 Å². The standard InChI is InChI=1S/C21H21F3N4O2.C15H15F3N4.C5H8O2.C4H6O2.C3H9IOS/c22-21(23,24)17-7-5-15(6-8-17)13-16-3-1-2-4-18(16)19-25-27-28(26-19)14-20(29)9-11-30-12-10-20;16-15(17,18)12-7-5-10(6-8-12)9-11-3-1-2-4-13(11)14(19)21-22-20;1-2-6-3-5(1)4-7-5;5-4-1-2-6-3-4;1-6(2,3,4)5/h1-8,29H,9-14H2;1-8,22H,9,20H2,(H2,19,21);1-4H2;1-3H2;1-3H3. The number of benzene rings is 4. The number of tetrazole rings is 1. The Bertz CT molecular complexity index is 2560. The number of hydrazone groups is 1. The Morgan fingerprint density at radius 2 is 1.31 bits per heavy atom. The van der Waals surface area contributed by atoms with Gasteiger partial charge in [-0.25, -0.2) is 11.4 Å². The lowest BCUT2D eigenvalue weighted by atomic mass is 9.95. The Morgan fingerprint density at radius 3 is 1.76 bits per heavy atom. The number of ether oxygens (including phenoxy) is 4. The normalized spacial score (nSPS) is 19.0. The van der Waals surface area contributed by atoms with Crippen molar-refractivity contribution in [3.8, 4) is 11.4 Å². The SMILES string of the molecule is C1CC2(CO1)CO2.CS(C)(C)(=O)I.NN/N=C(\N)c1ccccc1Cc1ccc(C(F)(F)F)cc1.O=C1CCOC1.OC1(Cn2nnc(-c3ccccc3Cc3ccc(C(F)(F)F)cc3)n2)CCOCC1. The van der Waals surface area contributed by atoms with Crippen molar-refractivity contribution < 1.29 is 59.4 Å². The van der Waals surface area contributed by atoms with Crippen LogP contribution in [0.1, 0.15) is 64.6 Å². The zero-order chi connectivity index (χ0) is 52.0. The number of hydrazine groups is 1. The highest BCUT2D eigenvalue weighted by Crippen LogP contribution is 2.35. The molecule has 1 aromatic heterocycles. The van der Waals surface area contributed by atoms with Crippen LogP contribution in [0.3, 0.4) is 0 Å². The molecule has 0 amide bonds. The van der Waals surface area contributed by atoms with Crippen LogP contribution in [-0.4, -0.2) is 117 Å². The van der Waals surface area contributed by atoms with Crippen molar-refractivity contribution in [2.75, 3.05) is 65.0 Å². The van der Waals surface area contributed by atoms with Gasteiger partial charge in [-0.1, -0.05) is 79.0 Å². The second kappa shape index (κ2) is 24.7. The monoisotopic (exact) mass is 1130 g/mol. The Morgan fingerprint density at radius 1 is 0.789 bits per heavy atom. The second-order valence-electron chi connectivity index (χ2n) is 18.0. The predicted octanol–water partition coefficient (Wildman–Crippen LogP) is 7.07. The van der Waals surface area contributed by atoms with Crippen LogP contribution in [0.4, 0.5) is 26.3 Å². The van der Waals surface area contributed by atoms with Crippen molar-refractivity contribution in [3.05, 3.63) is 136 Å². The summed E-state index contributed by atoms with van der Waals surface area (Å²) in [6.07, 6.45) is -1.94. The number of ketones is 1. The quantitative estimate of drug-likeness (QED) is 0.0170. The number of halogens is 7. The Labute approximate surface area is 420 Å². The molecule has 4 aliphatic heterocycles. The molecule has 1 unspecified atom stereocenters. The minimum Gasteiger partial charge on any atom is -0.388 e. The van der Waals surface area contributed by atoms with E-state index in [1.54, 1.807) is 30.9 Å². The maximum atomic E-state index is 12.8. The topological polar surface area (TPSA) is 215 Å². The largest absolute Gasteiger partial charge is 0.416 e. The summed E-state index contributed by atoms with van der Waals surface area (Å²) in [6, 6.07) is 24.8. The van der Waals surface area contributed by atoms with Crippen molar-refractivity contribution in [1.82, 2.24) is 25.7 Å². The number of carbonyl (C=O) groups excluding carboxylic acids is 1. The Balaban J connectivity index is 0.000000196. The van der Waals surface area contributed by atoms with Gasteiger partial charge in [0.25, 0.3) is 0 Å². The third-order valence-corrected chi connectivity index (χ3v) is 10.8. The molecule has 0 bridgehead atoms. The van der Waals surface area contributed by atoms with E-state index in [1.165, 1.54) is 29.1 Å². The maximum Gasteiger partial charge on any atom is 0.416 e. The fraction of sp³-hybridized carbons (Fsp3) is 0.438. The van der Waals surface area contributed by atoms with E-state index in [-0.39, 0.29) is 23.8 Å². The van der Waals surface area contributed by atoms with Crippen LogP contribution < -0.4 is 17.1 Å². The molecule has 4 saturated heterocycles. The fourth-order valence-electron chi connectivity index (χ4n) is 6.96. The number of hydrogen-bond donors (Lipinski definition) is 4. The molecule has 6 N–H and O–H groups in total. The van der Waals surface area contributed by atoms with Gasteiger partial charge in [0.2, 0.25) is 5.82 Å². The number of nitrogens with zero attached hydrogens (tertiary/aromatic N) is 5. The van der Waals surface area contributed by atoms with Crippen molar-refractivity contribution in [2.45, 2.75) is 68.6 Å². The molecule has 388 valence electrons. The summed E-state index contributed by atoms with van der Waals surface area (Å²) in [5.41, 5.74) is 10.5. The summed E-state index contributed by atoms with van der Waals surface area (Å²) in [6.45, 7) is 4.88. The van der Waals surface area contributed by atoms with E-state index in [9.17, 15) is 40.5 Å². The van der Waals surface area contributed by atoms with E-state index in [4.69, 9.17) is 30.5 Å². The molecule has 5 heterocycles. The van der Waals surface area contributed by atoms with Crippen LogP contribution >= 0.6 is 21.2 Å². The molecule has 71 heavy (non-hydrogen) atoms. The average Bonchev–Trinajstić information content (AvgIpc) is 3.61. The molecule has 9 rings (SSSR count). The van der Waals surface area contributed by atoms with Crippen LogP contribution in [0.25, 0.3) is 11.4 Å². The van der Waals surface area contributed by atoms with Crippen molar-refractivity contribution in [3.63, 3.8) is 0 Å². The zero-order valence-corrected chi connectivity index (χ0v) is 42.5. The molecule has 0 aliphatic carbocycles. The first kappa shape index (κ1) is 57.0. The molecular weight excluding hydrogens is 1070 g/mol. The summed E-state index contributed by atoms with van der Waals surface area (Å²) >= 11 is 1.96. The molecule has 4 fully saturated rings. The third-order valence-electron chi connectivity index (χ3n) is 10.8. The van der Waals surface area contributed by atoms with E-state index < -0.39 is 35.3 Å². The van der Waals surface area contributed by atoms with Crippen molar-refractivity contribution >= 4 is 39.1 Å². The minimum atomic E-state index is -4.35. The number of aromatic nitrogens is 4. The van der Waals surface area contributed by atoms with Gasteiger partial charge in [0, 0.05) is 77.8 Å². The van der Waals surface area contributed by atoms with Gasteiger partial charge < -0.3 is 29.8 Å².